The van der Waals surface area contributed by atoms with Gasteiger partial charge in [-0.25, -0.2) is 0 Å². The Morgan fingerprint density at radius 1 is 1.14 bits per heavy atom. The number of oxime groups is 1. The maximum Gasteiger partial charge on any atom is 0.435 e. The molecule has 116 valence electrons. The van der Waals surface area contributed by atoms with E-state index in [0.29, 0.717) is 12.1 Å². The van der Waals surface area contributed by atoms with Crippen LogP contribution in [0.15, 0.2) is 23.4 Å². The van der Waals surface area contributed by atoms with Crippen molar-refractivity contribution in [1.29, 1.82) is 0 Å². The predicted molar refractivity (Wildman–Crippen MR) is 66.3 cm³/mol. The monoisotopic (exact) mass is 395 g/mol. The number of halogens is 8. The number of hydrogen-bond acceptors (Lipinski definition) is 2. The summed E-state index contributed by atoms with van der Waals surface area (Å²) in [7, 11) is 0. The lowest BCUT2D eigenvalue weighted by atomic mass is 9.89. The smallest absolute Gasteiger partial charge is 0.373 e. The normalized spacial score (nSPS) is 23.0. The van der Waals surface area contributed by atoms with Gasteiger partial charge in [0.25, 0.3) is 5.60 Å². The molecule has 2 nitrogen and oxygen atoms in total. The van der Waals surface area contributed by atoms with Gasteiger partial charge in [-0.1, -0.05) is 16.8 Å². The highest BCUT2D eigenvalue weighted by molar-refractivity contribution is 9.18. The number of hydrogen-bond donors (Lipinski definition) is 0. The summed E-state index contributed by atoms with van der Waals surface area (Å²) in [6.45, 7) is 0. The van der Waals surface area contributed by atoms with Gasteiger partial charge in [0.15, 0.2) is 0 Å². The second kappa shape index (κ2) is 5.05. The van der Waals surface area contributed by atoms with Crippen LogP contribution in [0.2, 0.25) is 5.02 Å². The molecule has 0 amide bonds. The zero-order valence-corrected chi connectivity index (χ0v) is 12.2. The van der Waals surface area contributed by atoms with E-state index in [9.17, 15) is 26.3 Å². The van der Waals surface area contributed by atoms with Gasteiger partial charge in [-0.05, 0) is 34.1 Å². The zero-order valence-electron chi connectivity index (χ0n) is 9.82. The summed E-state index contributed by atoms with van der Waals surface area (Å²) in [5.41, 5.74) is -5.04. The summed E-state index contributed by atoms with van der Waals surface area (Å²) in [4.78, 5) is 4.42. The van der Waals surface area contributed by atoms with E-state index in [4.69, 9.17) is 11.6 Å². The fourth-order valence-corrected chi connectivity index (χ4v) is 2.56. The van der Waals surface area contributed by atoms with Crippen LogP contribution >= 0.6 is 27.5 Å². The van der Waals surface area contributed by atoms with E-state index in [1.165, 1.54) is 0 Å². The van der Waals surface area contributed by atoms with Gasteiger partial charge in [-0.2, -0.15) is 26.3 Å². The van der Waals surface area contributed by atoms with Crippen LogP contribution < -0.4 is 0 Å². The molecule has 10 heteroatoms. The summed E-state index contributed by atoms with van der Waals surface area (Å²) in [5, 5.41) is 2.67. The molecule has 0 radical (unpaired) electrons. The second-order valence-electron chi connectivity index (χ2n) is 4.29. The van der Waals surface area contributed by atoms with E-state index in [0.717, 1.165) is 6.07 Å². The Bertz CT molecular complexity index is 599. The van der Waals surface area contributed by atoms with Crippen molar-refractivity contribution >= 4 is 32.2 Å². The molecule has 1 aromatic rings. The molecule has 21 heavy (non-hydrogen) atoms. The van der Waals surface area contributed by atoms with E-state index in [-0.39, 0.29) is 4.62 Å². The standard InChI is InChI=1S/C11H5BrClF6NO/c12-8-4-9(21-20-8,11(17,18)19)5-1-6(10(14,15)16)3-7(13)2-5/h1-3H,4H2. The average molecular weight is 397 g/mol. The first-order valence-electron chi connectivity index (χ1n) is 5.31. The molecule has 0 N–H and O–H groups in total. The third-order valence-corrected chi connectivity index (χ3v) is 3.49. The maximum absolute atomic E-state index is 13.3. The molecule has 0 aliphatic carbocycles. The van der Waals surface area contributed by atoms with Crippen LogP contribution in [0.3, 0.4) is 0 Å². The summed E-state index contributed by atoms with van der Waals surface area (Å²) >= 11 is 8.26. The van der Waals surface area contributed by atoms with Gasteiger partial charge >= 0.3 is 12.4 Å². The molecule has 1 unspecified atom stereocenters. The van der Waals surface area contributed by atoms with Crippen molar-refractivity contribution in [1.82, 2.24) is 0 Å². The van der Waals surface area contributed by atoms with Crippen LogP contribution in [0.1, 0.15) is 17.5 Å². The highest BCUT2D eigenvalue weighted by Crippen LogP contribution is 2.50. The van der Waals surface area contributed by atoms with Crippen molar-refractivity contribution in [2.24, 2.45) is 5.16 Å². The van der Waals surface area contributed by atoms with Crippen molar-refractivity contribution in [3.05, 3.63) is 34.3 Å². The fraction of sp³-hybridized carbons (Fsp3) is 0.364. The number of benzene rings is 1. The van der Waals surface area contributed by atoms with Crippen LogP contribution in [-0.4, -0.2) is 10.8 Å². The third-order valence-electron chi connectivity index (χ3n) is 2.84. The molecule has 2 rings (SSSR count). The number of rotatable bonds is 1. The fourth-order valence-electron chi connectivity index (χ4n) is 1.85. The number of nitrogens with zero attached hydrogens (tertiary/aromatic N) is 1. The number of alkyl halides is 6. The zero-order chi connectivity index (χ0) is 16.1. The molecule has 0 aromatic heterocycles. The maximum atomic E-state index is 13.3. The Kier molecular flexibility index (Phi) is 3.94. The lowest BCUT2D eigenvalue weighted by Gasteiger charge is -2.29. The quantitative estimate of drug-likeness (QED) is 0.595. The minimum atomic E-state index is -4.97. The molecule has 1 aliphatic rings. The van der Waals surface area contributed by atoms with E-state index >= 15 is 0 Å². The highest BCUT2D eigenvalue weighted by atomic mass is 79.9. The molecule has 1 atom stereocenters. The van der Waals surface area contributed by atoms with Gasteiger partial charge in [-0.3, -0.25) is 0 Å². The first-order chi connectivity index (χ1) is 9.46. The SMILES string of the molecule is FC(F)(F)c1cc(Cl)cc(C2(C(F)(F)F)CC(Br)=NO2)c1. The van der Waals surface area contributed by atoms with Crippen LogP contribution in [-0.2, 0) is 16.6 Å². The Hall–Kier alpha value is -0.960. The molecule has 0 fully saturated rings. The van der Waals surface area contributed by atoms with Crippen molar-refractivity contribution in [2.75, 3.05) is 0 Å². The predicted octanol–water partition coefficient (Wildman–Crippen LogP) is 5.25. The minimum absolute atomic E-state index is 0.159. The molecule has 1 heterocycles. The van der Waals surface area contributed by atoms with E-state index in [2.05, 4.69) is 25.9 Å². The van der Waals surface area contributed by atoms with Gasteiger partial charge in [0.1, 0.15) is 4.62 Å². The molecule has 1 aromatic carbocycles. The van der Waals surface area contributed by atoms with Gasteiger partial charge in [-0.15, -0.1) is 0 Å². The third kappa shape index (κ3) is 2.98. The van der Waals surface area contributed by atoms with Crippen molar-refractivity contribution < 1.29 is 31.2 Å². The Morgan fingerprint density at radius 3 is 2.19 bits per heavy atom. The summed E-state index contributed by atoms with van der Waals surface area (Å²) < 4.78 is 77.9. The summed E-state index contributed by atoms with van der Waals surface area (Å²) in [6.07, 6.45) is -10.6. The first kappa shape index (κ1) is 16.4. The molecule has 0 bridgehead atoms. The van der Waals surface area contributed by atoms with Crippen LogP contribution in [0.5, 0.6) is 0 Å². The van der Waals surface area contributed by atoms with E-state index in [1.807, 2.05) is 0 Å². The lowest BCUT2D eigenvalue weighted by Crippen LogP contribution is -2.42. The Labute approximate surface area is 127 Å². The van der Waals surface area contributed by atoms with Crippen LogP contribution in [0.4, 0.5) is 26.3 Å². The van der Waals surface area contributed by atoms with Gasteiger partial charge < -0.3 is 4.84 Å². The molecule has 0 spiro atoms. The van der Waals surface area contributed by atoms with Gasteiger partial charge in [0.05, 0.1) is 12.0 Å². The molecule has 0 saturated carbocycles. The largest absolute Gasteiger partial charge is 0.435 e. The Balaban J connectivity index is 2.60. The van der Waals surface area contributed by atoms with E-state index < -0.39 is 40.5 Å². The molecule has 0 saturated heterocycles. The van der Waals surface area contributed by atoms with Crippen molar-refractivity contribution in [2.45, 2.75) is 24.4 Å². The Morgan fingerprint density at radius 2 is 1.76 bits per heavy atom. The van der Waals surface area contributed by atoms with E-state index in [1.54, 1.807) is 0 Å². The van der Waals surface area contributed by atoms with Gasteiger partial charge in [0, 0.05) is 10.6 Å². The van der Waals surface area contributed by atoms with Crippen LogP contribution in [0, 0.1) is 0 Å². The topological polar surface area (TPSA) is 21.6 Å². The van der Waals surface area contributed by atoms with Crippen LogP contribution in [0.25, 0.3) is 0 Å². The summed E-state index contributed by atoms with van der Waals surface area (Å²) in [5.74, 6) is 0. The first-order valence-corrected chi connectivity index (χ1v) is 6.48. The summed E-state index contributed by atoms with van der Waals surface area (Å²) in [6, 6.07) is 1.69. The van der Waals surface area contributed by atoms with Gasteiger partial charge in [0.2, 0.25) is 0 Å². The average Bonchev–Trinajstić information content (AvgIpc) is 2.70. The second-order valence-corrected chi connectivity index (χ2v) is 5.64. The molecular weight excluding hydrogens is 391 g/mol. The van der Waals surface area contributed by atoms with Crippen molar-refractivity contribution in [3.63, 3.8) is 0 Å². The molecular formula is C11H5BrClF6NO. The lowest BCUT2D eigenvalue weighted by molar-refractivity contribution is -0.276. The van der Waals surface area contributed by atoms with Crippen molar-refractivity contribution in [3.8, 4) is 0 Å². The molecule has 1 aliphatic heterocycles. The highest BCUT2D eigenvalue weighted by Gasteiger charge is 2.62. The minimum Gasteiger partial charge on any atom is -0.373 e.